The van der Waals surface area contributed by atoms with Crippen molar-refractivity contribution in [2.24, 2.45) is 0 Å². The average molecular weight is 383 g/mol. The van der Waals surface area contributed by atoms with E-state index in [1.807, 2.05) is 6.07 Å². The number of likely N-dealkylation sites (N-methyl/N-ethyl adjacent to an activating group) is 1. The second-order valence-electron chi connectivity index (χ2n) is 6.71. The first-order valence-electron chi connectivity index (χ1n) is 8.72. The zero-order valence-corrected chi connectivity index (χ0v) is 15.8. The number of rotatable bonds is 4. The Hall–Kier alpha value is -2.77. The van der Waals surface area contributed by atoms with Crippen LogP contribution in [0.15, 0.2) is 60.8 Å². The van der Waals surface area contributed by atoms with Crippen molar-refractivity contribution in [1.82, 2.24) is 8.87 Å². The number of nitrogens with zero attached hydrogens (tertiary/aromatic N) is 2. The highest BCUT2D eigenvalue weighted by molar-refractivity contribution is 7.85. The Labute approximate surface area is 158 Å². The van der Waals surface area contributed by atoms with Crippen molar-refractivity contribution in [3.8, 4) is 5.75 Å². The van der Waals surface area contributed by atoms with E-state index in [-0.39, 0.29) is 5.75 Å². The van der Waals surface area contributed by atoms with Gasteiger partial charge in [-0.1, -0.05) is 24.3 Å². The summed E-state index contributed by atoms with van der Waals surface area (Å²) in [4.78, 5) is 2.21. The predicted octanol–water partition coefficient (Wildman–Crippen LogP) is 3.11. The average Bonchev–Trinajstić information content (AvgIpc) is 3.02. The molecule has 2 N–H and O–H groups in total. The summed E-state index contributed by atoms with van der Waals surface area (Å²) in [6.45, 7) is 1.76. The highest BCUT2D eigenvalue weighted by atomic mass is 32.2. The van der Waals surface area contributed by atoms with Crippen molar-refractivity contribution in [3.63, 3.8) is 0 Å². The number of hydrogen-bond acceptors (Lipinski definition) is 5. The van der Waals surface area contributed by atoms with Crippen LogP contribution >= 0.6 is 0 Å². The molecule has 0 saturated carbocycles. The fourth-order valence-electron chi connectivity index (χ4n) is 3.31. The van der Waals surface area contributed by atoms with E-state index in [1.54, 1.807) is 48.7 Å². The van der Waals surface area contributed by atoms with Gasteiger partial charge in [0, 0.05) is 35.9 Å². The standard InChI is InChI=1S/C20H21N3O3S/c1-22-11-9-15(10-12-22)19-14-23(20-8-7-16(21)13-18(19)20)27(24,25)26-17-5-3-2-4-6-17/h2-9,13-14H,10-12,21H2,1H3. The molecule has 4 rings (SSSR count). The zero-order chi connectivity index (χ0) is 19.0. The van der Waals surface area contributed by atoms with Crippen LogP contribution < -0.4 is 9.92 Å². The molecule has 140 valence electrons. The minimum absolute atomic E-state index is 0.273. The van der Waals surface area contributed by atoms with E-state index in [1.165, 1.54) is 3.97 Å². The molecular weight excluding hydrogens is 362 g/mol. The molecular formula is C20H21N3O3S. The first-order valence-corrected chi connectivity index (χ1v) is 10.1. The molecule has 0 amide bonds. The molecule has 3 aromatic rings. The second-order valence-corrected chi connectivity index (χ2v) is 8.13. The number of anilines is 1. The van der Waals surface area contributed by atoms with Crippen LogP contribution in [0.3, 0.4) is 0 Å². The number of benzene rings is 2. The van der Waals surface area contributed by atoms with Crippen molar-refractivity contribution in [2.75, 3.05) is 25.9 Å². The molecule has 6 nitrogen and oxygen atoms in total. The third-order valence-electron chi connectivity index (χ3n) is 4.74. The van der Waals surface area contributed by atoms with E-state index in [0.717, 1.165) is 36.0 Å². The van der Waals surface area contributed by atoms with Gasteiger partial charge in [-0.05, 0) is 49.4 Å². The molecule has 2 heterocycles. The van der Waals surface area contributed by atoms with Crippen LogP contribution in [-0.4, -0.2) is 37.4 Å². The molecule has 27 heavy (non-hydrogen) atoms. The maximum atomic E-state index is 12.9. The highest BCUT2D eigenvalue weighted by Crippen LogP contribution is 2.33. The van der Waals surface area contributed by atoms with E-state index in [9.17, 15) is 8.42 Å². The van der Waals surface area contributed by atoms with Gasteiger partial charge in [-0.25, -0.2) is 3.97 Å². The fourth-order valence-corrected chi connectivity index (χ4v) is 4.38. The maximum absolute atomic E-state index is 12.9. The molecule has 0 radical (unpaired) electrons. The van der Waals surface area contributed by atoms with E-state index >= 15 is 0 Å². The van der Waals surface area contributed by atoms with Gasteiger partial charge in [0.2, 0.25) is 0 Å². The van der Waals surface area contributed by atoms with E-state index < -0.39 is 10.3 Å². The van der Waals surface area contributed by atoms with Gasteiger partial charge >= 0.3 is 10.3 Å². The van der Waals surface area contributed by atoms with Crippen LogP contribution in [-0.2, 0) is 10.3 Å². The molecule has 7 heteroatoms. The third-order valence-corrected chi connectivity index (χ3v) is 5.93. The molecule has 0 aliphatic carbocycles. The summed E-state index contributed by atoms with van der Waals surface area (Å²) in [5.41, 5.74) is 9.12. The summed E-state index contributed by atoms with van der Waals surface area (Å²) in [6, 6.07) is 13.7. The van der Waals surface area contributed by atoms with Gasteiger partial charge in [-0.2, -0.15) is 8.42 Å². The lowest BCUT2D eigenvalue weighted by Gasteiger charge is -2.21. The van der Waals surface area contributed by atoms with Gasteiger partial charge in [0.15, 0.2) is 0 Å². The lowest BCUT2D eigenvalue weighted by Crippen LogP contribution is -2.23. The predicted molar refractivity (Wildman–Crippen MR) is 108 cm³/mol. The number of aromatic nitrogens is 1. The van der Waals surface area contributed by atoms with Crippen LogP contribution in [0.1, 0.15) is 12.0 Å². The third kappa shape index (κ3) is 3.43. The van der Waals surface area contributed by atoms with Gasteiger partial charge < -0.3 is 14.8 Å². The smallest absolute Gasteiger partial charge is 0.399 e. The van der Waals surface area contributed by atoms with Crippen LogP contribution in [0, 0.1) is 0 Å². The molecule has 1 aliphatic rings. The van der Waals surface area contributed by atoms with E-state index in [4.69, 9.17) is 9.92 Å². The number of nitrogen functional groups attached to an aromatic ring is 1. The zero-order valence-electron chi connectivity index (χ0n) is 15.0. The minimum atomic E-state index is -4.04. The summed E-state index contributed by atoms with van der Waals surface area (Å²) in [5, 5.41) is 0.811. The minimum Gasteiger partial charge on any atom is -0.399 e. The summed E-state index contributed by atoms with van der Waals surface area (Å²) in [6.07, 6.45) is 4.63. The van der Waals surface area contributed by atoms with Crippen LogP contribution in [0.2, 0.25) is 0 Å². The monoisotopic (exact) mass is 383 g/mol. The highest BCUT2D eigenvalue weighted by Gasteiger charge is 2.23. The van der Waals surface area contributed by atoms with Crippen LogP contribution in [0.5, 0.6) is 5.75 Å². The fraction of sp³-hybridized carbons (Fsp3) is 0.200. The number of nitrogens with two attached hydrogens (primary N) is 1. The van der Waals surface area contributed by atoms with Gasteiger partial charge in [-0.15, -0.1) is 0 Å². The van der Waals surface area contributed by atoms with Crippen molar-refractivity contribution in [1.29, 1.82) is 0 Å². The Morgan fingerprint density at radius 3 is 2.59 bits per heavy atom. The molecule has 0 unspecified atom stereocenters. The molecule has 1 aliphatic heterocycles. The van der Waals surface area contributed by atoms with Crippen LogP contribution in [0.25, 0.3) is 16.5 Å². The summed E-state index contributed by atoms with van der Waals surface area (Å²) < 4.78 is 32.4. The van der Waals surface area contributed by atoms with Crippen molar-refractivity contribution < 1.29 is 12.6 Å². The quantitative estimate of drug-likeness (QED) is 0.701. The van der Waals surface area contributed by atoms with Gasteiger partial charge in [-0.3, -0.25) is 0 Å². The lowest BCUT2D eigenvalue weighted by molar-refractivity contribution is 0.370. The Morgan fingerprint density at radius 1 is 1.11 bits per heavy atom. The number of para-hydroxylation sites is 1. The molecule has 0 spiro atoms. The van der Waals surface area contributed by atoms with Crippen molar-refractivity contribution in [3.05, 3.63) is 66.4 Å². The molecule has 0 fully saturated rings. The molecule has 0 saturated heterocycles. The Balaban J connectivity index is 1.84. The second kappa shape index (κ2) is 6.75. The summed E-state index contributed by atoms with van der Waals surface area (Å²) in [7, 11) is -1.98. The number of fused-ring (bicyclic) bond motifs is 1. The largest absolute Gasteiger partial charge is 0.413 e. The summed E-state index contributed by atoms with van der Waals surface area (Å²) >= 11 is 0. The lowest BCUT2D eigenvalue weighted by atomic mass is 9.99. The van der Waals surface area contributed by atoms with Crippen molar-refractivity contribution in [2.45, 2.75) is 6.42 Å². The SMILES string of the molecule is CN1CC=C(c2cn(S(=O)(=O)Oc3ccccc3)c3ccc(N)cc23)CC1. The Morgan fingerprint density at radius 2 is 1.89 bits per heavy atom. The van der Waals surface area contributed by atoms with Gasteiger partial charge in [0.25, 0.3) is 0 Å². The molecule has 1 aromatic heterocycles. The molecule has 0 bridgehead atoms. The van der Waals surface area contributed by atoms with E-state index in [2.05, 4.69) is 18.0 Å². The van der Waals surface area contributed by atoms with Crippen molar-refractivity contribution >= 4 is 32.5 Å². The molecule has 0 atom stereocenters. The topological polar surface area (TPSA) is 77.6 Å². The normalized spacial score (nSPS) is 15.7. The summed E-state index contributed by atoms with van der Waals surface area (Å²) in [5.74, 6) is 0.273. The Bertz CT molecular complexity index is 1120. The number of hydrogen-bond donors (Lipinski definition) is 1. The van der Waals surface area contributed by atoms with Gasteiger partial charge in [0.05, 0.1) is 5.52 Å². The first kappa shape index (κ1) is 17.6. The van der Waals surface area contributed by atoms with Crippen LogP contribution in [0.4, 0.5) is 5.69 Å². The Kier molecular flexibility index (Phi) is 4.41. The van der Waals surface area contributed by atoms with Gasteiger partial charge in [0.1, 0.15) is 5.75 Å². The maximum Gasteiger partial charge on any atom is 0.413 e. The first-order chi connectivity index (χ1) is 12.9. The molecule has 2 aromatic carbocycles. The van der Waals surface area contributed by atoms with E-state index in [0.29, 0.717) is 11.2 Å².